The molecule has 0 N–H and O–H groups in total. The summed E-state index contributed by atoms with van der Waals surface area (Å²) in [6, 6.07) is 0. The molecule has 0 unspecified atom stereocenters. The lowest BCUT2D eigenvalue weighted by Gasteiger charge is -2.40. The number of rotatable bonds is 6. The van der Waals surface area contributed by atoms with Crippen LogP contribution in [0.25, 0.3) is 0 Å². The quantitative estimate of drug-likeness (QED) is 0.708. The number of carbonyl (C=O) groups is 2. The van der Waals surface area contributed by atoms with Crippen LogP contribution in [0.5, 0.6) is 0 Å². The summed E-state index contributed by atoms with van der Waals surface area (Å²) in [5.74, 6) is 0.107. The van der Waals surface area contributed by atoms with E-state index in [0.29, 0.717) is 19.4 Å². The van der Waals surface area contributed by atoms with E-state index >= 15 is 0 Å². The Morgan fingerprint density at radius 1 is 1.27 bits per heavy atom. The summed E-state index contributed by atoms with van der Waals surface area (Å²) in [7, 11) is 0. The molecule has 0 aromatic carbocycles. The van der Waals surface area contributed by atoms with Crippen molar-refractivity contribution in [1.29, 1.82) is 0 Å². The third-order valence-electron chi connectivity index (χ3n) is 4.67. The van der Waals surface area contributed by atoms with Crippen molar-refractivity contribution in [2.45, 2.75) is 76.9 Å². The van der Waals surface area contributed by atoms with Crippen molar-refractivity contribution in [2.75, 3.05) is 19.7 Å². The van der Waals surface area contributed by atoms with Gasteiger partial charge < -0.3 is 14.4 Å². The fraction of sp³-hybridized carbons (Fsp3) is 0.882. The molecular weight excluding hydrogens is 282 g/mol. The first-order chi connectivity index (χ1) is 10.6. The highest BCUT2D eigenvalue weighted by Gasteiger charge is 2.43. The Bertz CT molecular complexity index is 398. The number of piperidine rings is 1. The topological polar surface area (TPSA) is 55.8 Å². The molecule has 2 saturated heterocycles. The molecule has 2 heterocycles. The van der Waals surface area contributed by atoms with Crippen LogP contribution in [0.2, 0.25) is 0 Å². The van der Waals surface area contributed by atoms with E-state index in [0.717, 1.165) is 51.6 Å². The number of nitrogens with zero attached hydrogens (tertiary/aromatic N) is 1. The van der Waals surface area contributed by atoms with Gasteiger partial charge >= 0.3 is 5.97 Å². The van der Waals surface area contributed by atoms with Crippen LogP contribution in [0.3, 0.4) is 0 Å². The van der Waals surface area contributed by atoms with Crippen LogP contribution in [-0.2, 0) is 19.1 Å². The molecule has 0 saturated carbocycles. The lowest BCUT2D eigenvalue weighted by atomic mass is 9.89. The molecule has 0 aromatic rings. The van der Waals surface area contributed by atoms with Gasteiger partial charge in [-0.1, -0.05) is 6.92 Å². The minimum atomic E-state index is -0.166. The lowest BCUT2D eigenvalue weighted by molar-refractivity contribution is -0.146. The SMILES string of the molecule is CCCC(=O)N1CCC[C@]2(CC[C@@H](CCC(=O)OCC)O2)C1. The third-order valence-corrected chi connectivity index (χ3v) is 4.67. The minimum absolute atomic E-state index is 0.130. The first kappa shape index (κ1) is 17.3. The van der Waals surface area contributed by atoms with Crippen molar-refractivity contribution in [1.82, 2.24) is 4.90 Å². The maximum atomic E-state index is 12.1. The second-order valence-electron chi connectivity index (χ2n) is 6.47. The summed E-state index contributed by atoms with van der Waals surface area (Å²) in [6.45, 7) is 5.87. The molecule has 1 amide bonds. The van der Waals surface area contributed by atoms with Gasteiger partial charge in [-0.05, 0) is 45.4 Å². The van der Waals surface area contributed by atoms with Gasteiger partial charge in [0.05, 0.1) is 18.3 Å². The molecule has 0 bridgehead atoms. The molecule has 2 aliphatic rings. The Kier molecular flexibility index (Phi) is 6.24. The van der Waals surface area contributed by atoms with E-state index in [9.17, 15) is 9.59 Å². The normalized spacial score (nSPS) is 28.1. The van der Waals surface area contributed by atoms with E-state index in [2.05, 4.69) is 0 Å². The Morgan fingerprint density at radius 2 is 2.09 bits per heavy atom. The lowest BCUT2D eigenvalue weighted by Crippen LogP contribution is -2.50. The predicted octanol–water partition coefficient (Wildman–Crippen LogP) is 2.67. The molecule has 126 valence electrons. The maximum Gasteiger partial charge on any atom is 0.305 e. The van der Waals surface area contributed by atoms with Crippen LogP contribution in [0, 0.1) is 0 Å². The van der Waals surface area contributed by atoms with E-state index in [1.165, 1.54) is 0 Å². The first-order valence-electron chi connectivity index (χ1n) is 8.70. The van der Waals surface area contributed by atoms with Gasteiger partial charge in [0, 0.05) is 25.9 Å². The number of esters is 1. The van der Waals surface area contributed by atoms with E-state index in [1.807, 2.05) is 18.7 Å². The van der Waals surface area contributed by atoms with Gasteiger partial charge in [-0.3, -0.25) is 9.59 Å². The minimum Gasteiger partial charge on any atom is -0.466 e. The molecule has 0 aliphatic carbocycles. The summed E-state index contributed by atoms with van der Waals surface area (Å²) in [5.41, 5.74) is -0.166. The molecule has 22 heavy (non-hydrogen) atoms. The number of likely N-dealkylation sites (tertiary alicyclic amines) is 1. The Hall–Kier alpha value is -1.10. The third kappa shape index (κ3) is 4.45. The number of carbonyl (C=O) groups excluding carboxylic acids is 2. The van der Waals surface area contributed by atoms with E-state index in [1.54, 1.807) is 0 Å². The molecule has 1 spiro atoms. The molecule has 2 rings (SSSR count). The molecular formula is C17H29NO4. The summed E-state index contributed by atoms with van der Waals surface area (Å²) in [6.07, 6.45) is 6.82. The number of amides is 1. The summed E-state index contributed by atoms with van der Waals surface area (Å²) >= 11 is 0. The second kappa shape index (κ2) is 7.95. The van der Waals surface area contributed by atoms with Crippen LogP contribution in [0.4, 0.5) is 0 Å². The Balaban J connectivity index is 1.82. The van der Waals surface area contributed by atoms with E-state index in [-0.39, 0.29) is 23.6 Å². The van der Waals surface area contributed by atoms with Gasteiger partial charge in [0.15, 0.2) is 0 Å². The largest absolute Gasteiger partial charge is 0.466 e. The molecule has 2 atom stereocenters. The Morgan fingerprint density at radius 3 is 2.82 bits per heavy atom. The van der Waals surface area contributed by atoms with Gasteiger partial charge in [0.2, 0.25) is 5.91 Å². The van der Waals surface area contributed by atoms with Crippen molar-refractivity contribution < 1.29 is 19.1 Å². The maximum absolute atomic E-state index is 12.1. The zero-order valence-corrected chi connectivity index (χ0v) is 13.9. The van der Waals surface area contributed by atoms with Gasteiger partial charge in [-0.15, -0.1) is 0 Å². The first-order valence-corrected chi connectivity index (χ1v) is 8.70. The van der Waals surface area contributed by atoms with Crippen LogP contribution in [0.15, 0.2) is 0 Å². The molecule has 5 heteroatoms. The smallest absolute Gasteiger partial charge is 0.305 e. The monoisotopic (exact) mass is 311 g/mol. The second-order valence-corrected chi connectivity index (χ2v) is 6.47. The summed E-state index contributed by atoms with van der Waals surface area (Å²) in [5, 5.41) is 0. The van der Waals surface area contributed by atoms with Crippen molar-refractivity contribution in [3.05, 3.63) is 0 Å². The zero-order chi connectivity index (χ0) is 16.0. The number of hydrogen-bond acceptors (Lipinski definition) is 4. The van der Waals surface area contributed by atoms with Crippen molar-refractivity contribution in [3.8, 4) is 0 Å². The molecule has 2 aliphatic heterocycles. The van der Waals surface area contributed by atoms with E-state index in [4.69, 9.17) is 9.47 Å². The van der Waals surface area contributed by atoms with Crippen LogP contribution >= 0.6 is 0 Å². The van der Waals surface area contributed by atoms with E-state index < -0.39 is 0 Å². The molecule has 0 radical (unpaired) electrons. The standard InChI is InChI=1S/C17H29NO4/c1-3-6-15(19)18-12-5-10-17(13-18)11-9-14(22-17)7-8-16(20)21-4-2/h14H,3-13H2,1-2H3/t14-,17+/m1/s1. The zero-order valence-electron chi connectivity index (χ0n) is 13.9. The van der Waals surface area contributed by atoms with Crippen LogP contribution < -0.4 is 0 Å². The van der Waals surface area contributed by atoms with Gasteiger partial charge in [-0.2, -0.15) is 0 Å². The molecule has 2 fully saturated rings. The van der Waals surface area contributed by atoms with Crippen molar-refractivity contribution in [3.63, 3.8) is 0 Å². The molecule has 0 aromatic heterocycles. The number of hydrogen-bond donors (Lipinski definition) is 0. The van der Waals surface area contributed by atoms with Gasteiger partial charge in [0.25, 0.3) is 0 Å². The average molecular weight is 311 g/mol. The summed E-state index contributed by atoms with van der Waals surface area (Å²) < 4.78 is 11.2. The summed E-state index contributed by atoms with van der Waals surface area (Å²) in [4.78, 5) is 25.5. The highest BCUT2D eigenvalue weighted by molar-refractivity contribution is 5.76. The van der Waals surface area contributed by atoms with Crippen molar-refractivity contribution in [2.24, 2.45) is 0 Å². The van der Waals surface area contributed by atoms with Crippen LogP contribution in [0.1, 0.15) is 65.2 Å². The fourth-order valence-electron chi connectivity index (χ4n) is 3.59. The predicted molar refractivity (Wildman–Crippen MR) is 83.4 cm³/mol. The van der Waals surface area contributed by atoms with Crippen LogP contribution in [-0.4, -0.2) is 48.2 Å². The Labute approximate surface area is 133 Å². The average Bonchev–Trinajstić information content (AvgIpc) is 2.88. The fourth-order valence-corrected chi connectivity index (χ4v) is 3.59. The highest BCUT2D eigenvalue weighted by Crippen LogP contribution is 2.39. The highest BCUT2D eigenvalue weighted by atomic mass is 16.5. The van der Waals surface area contributed by atoms with Gasteiger partial charge in [0.1, 0.15) is 0 Å². The van der Waals surface area contributed by atoms with Gasteiger partial charge in [-0.25, -0.2) is 0 Å². The molecule has 5 nitrogen and oxygen atoms in total. The van der Waals surface area contributed by atoms with Crippen molar-refractivity contribution >= 4 is 11.9 Å². The number of ether oxygens (including phenoxy) is 2.